The Morgan fingerprint density at radius 1 is 0.468 bits per heavy atom. The number of hydrogen-bond acceptors (Lipinski definition) is 2. The maximum Gasteiger partial charge on any atom is 0.391 e. The van der Waals surface area contributed by atoms with Gasteiger partial charge < -0.3 is 9.47 Å². The van der Waals surface area contributed by atoms with E-state index in [1.165, 1.54) is 24.3 Å². The van der Waals surface area contributed by atoms with E-state index >= 15 is 0 Å². The maximum atomic E-state index is 14.5. The molecular formula is C34H27F11O2. The molecule has 4 rings (SSSR count). The smallest absolute Gasteiger partial charge is 0.391 e. The number of alkyl halides is 3. The summed E-state index contributed by atoms with van der Waals surface area (Å²) in [6.45, 7) is -0.0329. The van der Waals surface area contributed by atoms with Gasteiger partial charge in [-0.2, -0.15) is 13.2 Å². The number of hydrogen-bond donors (Lipinski definition) is 0. The second-order valence-electron chi connectivity index (χ2n) is 10.7. The third-order valence-electron chi connectivity index (χ3n) is 7.36. The summed E-state index contributed by atoms with van der Waals surface area (Å²) in [6, 6.07) is 9.49. The third kappa shape index (κ3) is 9.39. The Morgan fingerprint density at radius 3 is 1.15 bits per heavy atom. The first-order chi connectivity index (χ1) is 22.2. The number of rotatable bonds is 14. The molecule has 2 nitrogen and oxygen atoms in total. The van der Waals surface area contributed by atoms with E-state index in [4.69, 9.17) is 9.47 Å². The molecule has 0 aliphatic rings. The minimum absolute atomic E-state index is 0.0165. The van der Waals surface area contributed by atoms with E-state index in [1.54, 1.807) is 0 Å². The van der Waals surface area contributed by atoms with Gasteiger partial charge >= 0.3 is 6.18 Å². The van der Waals surface area contributed by atoms with Crippen LogP contribution in [0.15, 0.2) is 60.7 Å². The standard InChI is InChI=1S/C34H27F11O2/c35-26-17-22(7-9-24(26)19-13-28(37)32(41)29(38)14-19)46-11-3-1-5-21(34(43,44)45)6-2-4-12-47-23-8-10-25(27(36)18-23)20-15-30(39)33(42)31(40)16-20/h7-10,13-18,21H,1-6,11-12H2. The lowest BCUT2D eigenvalue weighted by atomic mass is 9.95. The van der Waals surface area contributed by atoms with Crippen molar-refractivity contribution in [2.45, 2.75) is 44.7 Å². The Morgan fingerprint density at radius 2 is 0.830 bits per heavy atom. The highest BCUT2D eigenvalue weighted by atomic mass is 19.4. The third-order valence-corrected chi connectivity index (χ3v) is 7.36. The normalized spacial score (nSPS) is 11.7. The van der Waals surface area contributed by atoms with Crippen molar-refractivity contribution in [3.05, 3.63) is 107 Å². The van der Waals surface area contributed by atoms with Gasteiger partial charge in [0.15, 0.2) is 34.9 Å². The second kappa shape index (κ2) is 15.5. The molecule has 4 aromatic carbocycles. The summed E-state index contributed by atoms with van der Waals surface area (Å²) in [5.41, 5.74) is -0.843. The first kappa shape index (κ1) is 35.6. The molecule has 0 aromatic heterocycles. The van der Waals surface area contributed by atoms with Gasteiger partial charge in [-0.05, 0) is 98.2 Å². The van der Waals surface area contributed by atoms with Gasteiger partial charge in [0.2, 0.25) is 0 Å². The predicted octanol–water partition coefficient (Wildman–Crippen LogP) is 11.1. The lowest BCUT2D eigenvalue weighted by Gasteiger charge is -2.20. The zero-order valence-electron chi connectivity index (χ0n) is 24.5. The van der Waals surface area contributed by atoms with Crippen LogP contribution in [0, 0.1) is 52.5 Å². The molecule has 252 valence electrons. The van der Waals surface area contributed by atoms with Gasteiger partial charge in [0.25, 0.3) is 0 Å². The van der Waals surface area contributed by atoms with Crippen molar-refractivity contribution in [3.63, 3.8) is 0 Å². The zero-order chi connectivity index (χ0) is 34.3. The van der Waals surface area contributed by atoms with Crippen LogP contribution in [0.25, 0.3) is 22.3 Å². The van der Waals surface area contributed by atoms with Crippen LogP contribution in [0.3, 0.4) is 0 Å². The molecule has 0 atom stereocenters. The highest BCUT2D eigenvalue weighted by Gasteiger charge is 2.38. The van der Waals surface area contributed by atoms with Gasteiger partial charge in [0.05, 0.1) is 19.1 Å². The average molecular weight is 677 g/mol. The van der Waals surface area contributed by atoms with Crippen molar-refractivity contribution in [1.29, 1.82) is 0 Å². The molecule has 4 aromatic rings. The minimum atomic E-state index is -4.45. The van der Waals surface area contributed by atoms with Gasteiger partial charge in [-0.15, -0.1) is 0 Å². The van der Waals surface area contributed by atoms with Crippen molar-refractivity contribution in [3.8, 4) is 33.8 Å². The van der Waals surface area contributed by atoms with Gasteiger partial charge in [-0.25, -0.2) is 35.1 Å². The fraction of sp³-hybridized carbons (Fsp3) is 0.294. The monoisotopic (exact) mass is 676 g/mol. The van der Waals surface area contributed by atoms with Crippen molar-refractivity contribution < 1.29 is 57.8 Å². The molecule has 0 heterocycles. The molecule has 0 amide bonds. The SMILES string of the molecule is Fc1cc(OCCCCC(CCCCOc2ccc(-c3cc(F)c(F)c(F)c3)c(F)c2)C(F)(F)F)ccc1-c1cc(F)c(F)c(F)c1. The Hall–Kier alpha value is -4.29. The number of ether oxygens (including phenoxy) is 2. The highest BCUT2D eigenvalue weighted by Crippen LogP contribution is 2.35. The maximum absolute atomic E-state index is 14.5. The van der Waals surface area contributed by atoms with E-state index in [0.29, 0.717) is 24.3 Å². The molecule has 0 radical (unpaired) electrons. The van der Waals surface area contributed by atoms with Crippen LogP contribution < -0.4 is 9.47 Å². The predicted molar refractivity (Wildman–Crippen MR) is 152 cm³/mol. The average Bonchev–Trinajstić information content (AvgIpc) is 3.00. The zero-order valence-corrected chi connectivity index (χ0v) is 24.5. The number of unbranched alkanes of at least 4 members (excludes halogenated alkanes) is 2. The Bertz CT molecular complexity index is 1520. The Kier molecular flexibility index (Phi) is 11.8. The van der Waals surface area contributed by atoms with Gasteiger partial charge in [0, 0.05) is 23.3 Å². The van der Waals surface area contributed by atoms with Crippen LogP contribution >= 0.6 is 0 Å². The molecule has 0 bridgehead atoms. The number of halogens is 11. The second-order valence-corrected chi connectivity index (χ2v) is 10.7. The summed E-state index contributed by atoms with van der Waals surface area (Å²) < 4.78 is 161. The van der Waals surface area contributed by atoms with Gasteiger partial charge in [-0.1, -0.05) is 0 Å². The fourth-order valence-corrected chi connectivity index (χ4v) is 4.90. The highest BCUT2D eigenvalue weighted by molar-refractivity contribution is 5.66. The fourth-order valence-electron chi connectivity index (χ4n) is 4.90. The van der Waals surface area contributed by atoms with E-state index in [9.17, 15) is 48.3 Å². The Labute approximate surface area is 262 Å². The molecule has 0 spiro atoms. The van der Waals surface area contributed by atoms with Crippen molar-refractivity contribution >= 4 is 0 Å². The summed E-state index contributed by atoms with van der Waals surface area (Å²) in [5, 5.41) is 0. The first-order valence-corrected chi connectivity index (χ1v) is 14.5. The first-order valence-electron chi connectivity index (χ1n) is 14.5. The summed E-state index contributed by atoms with van der Waals surface area (Å²) in [5.74, 6) is -12.6. The van der Waals surface area contributed by atoms with Gasteiger partial charge in [-0.3, -0.25) is 0 Å². The van der Waals surface area contributed by atoms with Crippen LogP contribution in [0.1, 0.15) is 38.5 Å². The van der Waals surface area contributed by atoms with E-state index in [-0.39, 0.29) is 85.5 Å². The molecule has 47 heavy (non-hydrogen) atoms. The van der Waals surface area contributed by atoms with Crippen LogP contribution in [0.4, 0.5) is 48.3 Å². The summed E-state index contributed by atoms with van der Waals surface area (Å²) in [7, 11) is 0. The molecule has 0 saturated heterocycles. The van der Waals surface area contributed by atoms with E-state index in [2.05, 4.69) is 0 Å². The molecule has 0 fully saturated rings. The summed E-state index contributed by atoms with van der Waals surface area (Å²) in [6.07, 6.45) is -4.04. The van der Waals surface area contributed by atoms with Crippen molar-refractivity contribution in [2.24, 2.45) is 5.92 Å². The Balaban J connectivity index is 1.19. The number of benzene rings is 4. The van der Waals surface area contributed by atoms with E-state index in [0.717, 1.165) is 12.1 Å². The van der Waals surface area contributed by atoms with Crippen molar-refractivity contribution in [2.75, 3.05) is 13.2 Å². The van der Waals surface area contributed by atoms with Gasteiger partial charge in [0.1, 0.15) is 23.1 Å². The topological polar surface area (TPSA) is 18.5 Å². The van der Waals surface area contributed by atoms with E-state index in [1.807, 2.05) is 0 Å². The summed E-state index contributed by atoms with van der Waals surface area (Å²) >= 11 is 0. The largest absolute Gasteiger partial charge is 0.493 e. The molecular weight excluding hydrogens is 649 g/mol. The quantitative estimate of drug-likeness (QED) is 0.0752. The lowest BCUT2D eigenvalue weighted by Crippen LogP contribution is -2.23. The van der Waals surface area contributed by atoms with E-state index < -0.39 is 58.6 Å². The lowest BCUT2D eigenvalue weighted by molar-refractivity contribution is -0.178. The molecule has 0 saturated carbocycles. The molecule has 0 unspecified atom stereocenters. The van der Waals surface area contributed by atoms with Crippen LogP contribution in [-0.2, 0) is 0 Å². The molecule has 0 aliphatic carbocycles. The minimum Gasteiger partial charge on any atom is -0.493 e. The van der Waals surface area contributed by atoms with Crippen molar-refractivity contribution in [1.82, 2.24) is 0 Å². The van der Waals surface area contributed by atoms with Crippen LogP contribution in [0.2, 0.25) is 0 Å². The molecule has 13 heteroatoms. The van der Waals surface area contributed by atoms with Crippen LogP contribution in [0.5, 0.6) is 11.5 Å². The van der Waals surface area contributed by atoms with Crippen LogP contribution in [-0.4, -0.2) is 19.4 Å². The molecule has 0 aliphatic heterocycles. The molecule has 0 N–H and O–H groups in total. The summed E-state index contributed by atoms with van der Waals surface area (Å²) in [4.78, 5) is 0.